The summed E-state index contributed by atoms with van der Waals surface area (Å²) in [5, 5.41) is 3.25. The van der Waals surface area contributed by atoms with E-state index in [2.05, 4.69) is 5.32 Å². The zero-order valence-electron chi connectivity index (χ0n) is 17.7. The van der Waals surface area contributed by atoms with Crippen molar-refractivity contribution in [3.63, 3.8) is 0 Å². The lowest BCUT2D eigenvalue weighted by Gasteiger charge is -2.31. The van der Waals surface area contributed by atoms with E-state index in [4.69, 9.17) is 13.9 Å². The average Bonchev–Trinajstić information content (AvgIpc) is 2.77. The molecule has 7 nitrogen and oxygen atoms in total. The Hall–Kier alpha value is -3.53. The van der Waals surface area contributed by atoms with E-state index in [1.54, 1.807) is 19.1 Å². The van der Waals surface area contributed by atoms with Crippen LogP contribution in [0, 0.1) is 6.92 Å². The minimum absolute atomic E-state index is 0.0421. The molecule has 1 aliphatic heterocycles. The van der Waals surface area contributed by atoms with Gasteiger partial charge in [-0.3, -0.25) is 4.79 Å². The van der Waals surface area contributed by atoms with Gasteiger partial charge >= 0.3 is 11.8 Å². The summed E-state index contributed by atoms with van der Waals surface area (Å²) in [6, 6.07) is 9.42. The molecule has 4 rings (SSSR count). The Bertz CT molecular complexity index is 1230. The average molecular weight is 462 g/mol. The van der Waals surface area contributed by atoms with Crippen LogP contribution >= 0.6 is 0 Å². The van der Waals surface area contributed by atoms with Gasteiger partial charge in [-0.25, -0.2) is 4.79 Å². The van der Waals surface area contributed by atoms with E-state index in [0.717, 1.165) is 23.1 Å². The number of carbonyl (C=O) groups is 1. The number of benzene rings is 2. The number of rotatable bonds is 5. The Kier molecular flexibility index (Phi) is 6.28. The molecule has 2 aromatic carbocycles. The first-order chi connectivity index (χ1) is 15.7. The molecule has 1 aliphatic rings. The quantitative estimate of drug-likeness (QED) is 0.578. The van der Waals surface area contributed by atoms with E-state index in [9.17, 15) is 22.8 Å². The predicted octanol–water partition coefficient (Wildman–Crippen LogP) is 3.97. The second kappa shape index (κ2) is 9.14. The lowest BCUT2D eigenvalue weighted by Crippen LogP contribution is -2.37. The summed E-state index contributed by atoms with van der Waals surface area (Å²) in [4.78, 5) is 26.0. The molecular weight excluding hydrogens is 441 g/mol. The number of nitrogens with one attached hydrogen (secondary N) is 1. The maximum atomic E-state index is 13.2. The first-order valence-corrected chi connectivity index (χ1v) is 10.2. The van der Waals surface area contributed by atoms with Gasteiger partial charge in [-0.1, -0.05) is 0 Å². The van der Waals surface area contributed by atoms with Crippen molar-refractivity contribution in [1.29, 1.82) is 0 Å². The van der Waals surface area contributed by atoms with Crippen molar-refractivity contribution in [2.24, 2.45) is 0 Å². The zero-order valence-corrected chi connectivity index (χ0v) is 17.7. The molecule has 1 aromatic heterocycles. The molecule has 0 atom stereocenters. The fraction of sp³-hybridized carbons (Fsp3) is 0.304. The number of amides is 1. The van der Waals surface area contributed by atoms with Gasteiger partial charge in [0, 0.05) is 30.6 Å². The summed E-state index contributed by atoms with van der Waals surface area (Å²) in [5.41, 5.74) is 0.199. The molecular formula is C23H21F3N2O5. The van der Waals surface area contributed by atoms with Crippen LogP contribution in [-0.2, 0) is 15.7 Å². The summed E-state index contributed by atoms with van der Waals surface area (Å²) >= 11 is 0. The Morgan fingerprint density at radius 3 is 2.61 bits per heavy atom. The van der Waals surface area contributed by atoms with Gasteiger partial charge in [-0.15, -0.1) is 0 Å². The third-order valence-corrected chi connectivity index (χ3v) is 5.24. The fourth-order valence-corrected chi connectivity index (χ4v) is 3.62. The van der Waals surface area contributed by atoms with Gasteiger partial charge in [0.15, 0.2) is 6.61 Å². The van der Waals surface area contributed by atoms with E-state index in [1.807, 2.05) is 4.90 Å². The third-order valence-electron chi connectivity index (χ3n) is 5.24. The van der Waals surface area contributed by atoms with Gasteiger partial charge in [0.05, 0.1) is 30.2 Å². The van der Waals surface area contributed by atoms with Gasteiger partial charge in [-0.2, -0.15) is 13.2 Å². The second-order valence-electron chi connectivity index (χ2n) is 7.57. The largest absolute Gasteiger partial charge is 0.484 e. The zero-order chi connectivity index (χ0) is 23.6. The van der Waals surface area contributed by atoms with Crippen LogP contribution in [0.2, 0.25) is 0 Å². The molecule has 0 radical (unpaired) electrons. The van der Waals surface area contributed by atoms with Crippen LogP contribution in [-0.4, -0.2) is 38.8 Å². The molecule has 33 heavy (non-hydrogen) atoms. The summed E-state index contributed by atoms with van der Waals surface area (Å²) < 4.78 is 55.6. The van der Waals surface area contributed by atoms with Crippen molar-refractivity contribution >= 4 is 28.3 Å². The Balaban J connectivity index is 1.51. The number of ether oxygens (including phenoxy) is 2. The molecule has 1 amide bonds. The molecule has 0 saturated carbocycles. The van der Waals surface area contributed by atoms with E-state index in [0.29, 0.717) is 37.6 Å². The molecule has 1 fully saturated rings. The lowest BCUT2D eigenvalue weighted by molar-refractivity contribution is -0.137. The number of carbonyl (C=O) groups excluding carboxylic acids is 1. The highest BCUT2D eigenvalue weighted by Gasteiger charge is 2.32. The van der Waals surface area contributed by atoms with Crippen LogP contribution in [0.3, 0.4) is 0 Å². The Labute approximate surface area is 186 Å². The van der Waals surface area contributed by atoms with Crippen LogP contribution in [0.25, 0.3) is 11.0 Å². The topological polar surface area (TPSA) is 81.0 Å². The molecule has 1 saturated heterocycles. The standard InChI is InChI=1S/C23H21F3N2O5/c1-14-10-22(30)33-20-12-16(3-4-17(14)20)32-13-21(29)27-18-11-15(23(24,25)26)2-5-19(18)28-6-8-31-9-7-28/h2-5,10-12H,6-9,13H2,1H3,(H,27,29). The molecule has 0 bridgehead atoms. The first kappa shape index (κ1) is 22.7. The Morgan fingerprint density at radius 1 is 1.12 bits per heavy atom. The van der Waals surface area contributed by atoms with Gasteiger partial charge < -0.3 is 24.1 Å². The maximum Gasteiger partial charge on any atom is 0.416 e. The highest BCUT2D eigenvalue weighted by molar-refractivity contribution is 5.95. The van der Waals surface area contributed by atoms with Crippen LogP contribution in [0.4, 0.5) is 24.5 Å². The fourth-order valence-electron chi connectivity index (χ4n) is 3.62. The summed E-state index contributed by atoms with van der Waals surface area (Å²) in [6.45, 7) is 3.19. The van der Waals surface area contributed by atoms with Crippen LogP contribution in [0.1, 0.15) is 11.1 Å². The van der Waals surface area contributed by atoms with Crippen LogP contribution in [0.15, 0.2) is 51.7 Å². The number of anilines is 2. The van der Waals surface area contributed by atoms with Crippen molar-refractivity contribution in [3.8, 4) is 5.75 Å². The number of morpholine rings is 1. The Morgan fingerprint density at radius 2 is 1.88 bits per heavy atom. The molecule has 3 aromatic rings. The van der Waals surface area contributed by atoms with Crippen molar-refractivity contribution in [1.82, 2.24) is 0 Å². The number of alkyl halides is 3. The molecule has 1 N–H and O–H groups in total. The van der Waals surface area contributed by atoms with Crippen molar-refractivity contribution in [2.45, 2.75) is 13.1 Å². The second-order valence-corrected chi connectivity index (χ2v) is 7.57. The molecule has 0 spiro atoms. The van der Waals surface area contributed by atoms with Gasteiger partial charge in [-0.05, 0) is 42.8 Å². The summed E-state index contributed by atoms with van der Waals surface area (Å²) in [6.07, 6.45) is -4.55. The molecule has 0 aliphatic carbocycles. The van der Waals surface area contributed by atoms with Gasteiger partial charge in [0.2, 0.25) is 0 Å². The summed E-state index contributed by atoms with van der Waals surface area (Å²) in [7, 11) is 0. The highest BCUT2D eigenvalue weighted by Crippen LogP contribution is 2.35. The number of fused-ring (bicyclic) bond motifs is 1. The first-order valence-electron chi connectivity index (χ1n) is 10.2. The van der Waals surface area contributed by atoms with Crippen LogP contribution in [0.5, 0.6) is 5.75 Å². The van der Waals surface area contributed by atoms with Crippen molar-refractivity contribution in [3.05, 3.63) is 64.0 Å². The van der Waals surface area contributed by atoms with E-state index in [-0.39, 0.29) is 11.4 Å². The molecule has 10 heteroatoms. The summed E-state index contributed by atoms with van der Waals surface area (Å²) in [5.74, 6) is -0.349. The minimum Gasteiger partial charge on any atom is -0.484 e. The smallest absolute Gasteiger partial charge is 0.416 e. The van der Waals surface area contributed by atoms with Gasteiger partial charge in [0.1, 0.15) is 11.3 Å². The lowest BCUT2D eigenvalue weighted by atomic mass is 10.1. The van der Waals surface area contributed by atoms with Crippen molar-refractivity contribution < 1.29 is 31.9 Å². The van der Waals surface area contributed by atoms with Gasteiger partial charge in [0.25, 0.3) is 5.91 Å². The number of nitrogens with zero attached hydrogens (tertiary/aromatic N) is 1. The molecule has 174 valence electrons. The molecule has 0 unspecified atom stereocenters. The van der Waals surface area contributed by atoms with E-state index >= 15 is 0 Å². The number of aryl methyl sites for hydroxylation is 1. The predicted molar refractivity (Wildman–Crippen MR) is 116 cm³/mol. The normalized spacial score (nSPS) is 14.4. The minimum atomic E-state index is -4.55. The maximum absolute atomic E-state index is 13.2. The van der Waals surface area contributed by atoms with E-state index < -0.39 is 29.9 Å². The number of hydrogen-bond acceptors (Lipinski definition) is 6. The number of hydrogen-bond donors (Lipinski definition) is 1. The van der Waals surface area contributed by atoms with Crippen molar-refractivity contribution in [2.75, 3.05) is 43.1 Å². The monoisotopic (exact) mass is 462 g/mol. The highest BCUT2D eigenvalue weighted by atomic mass is 19.4. The van der Waals surface area contributed by atoms with Crippen LogP contribution < -0.4 is 20.6 Å². The molecule has 2 heterocycles. The SMILES string of the molecule is Cc1cc(=O)oc2cc(OCC(=O)Nc3cc(C(F)(F)F)ccc3N3CCOCC3)ccc12. The third kappa shape index (κ3) is 5.28. The number of halogens is 3. The van der Waals surface area contributed by atoms with E-state index in [1.165, 1.54) is 18.2 Å².